The average Bonchev–Trinajstić information content (AvgIpc) is 3.13. The molecule has 172 valence electrons. The topological polar surface area (TPSA) is 62.4 Å². The van der Waals surface area contributed by atoms with E-state index in [1.807, 2.05) is 30.3 Å². The summed E-state index contributed by atoms with van der Waals surface area (Å²) < 4.78 is 46.0. The molecule has 3 atom stereocenters. The Hall–Kier alpha value is -2.58. The fraction of sp³-hybridized carbons (Fsp3) is 0.458. The van der Waals surface area contributed by atoms with Crippen LogP contribution in [-0.4, -0.2) is 31.3 Å². The molecule has 0 saturated carbocycles. The number of carbonyl (C=O) groups excluding carboxylic acids is 1. The number of piperidine rings is 1. The first kappa shape index (κ1) is 22.6. The standard InChI is InChI=1S/C24H28F3N3O2/c1-16-10-18(12-20(11-16)24(25,26)27)17(2)32-15-23(19-6-4-3-5-7-19)9-8-22(14-29-23)13-28-21(31)30-22/h3-7,10-12,17,29H,8-9,13-15H2,1-2H3,(H2,28,30,31)/t17?,22-,23-/m1/s1. The van der Waals surface area contributed by atoms with Crippen LogP contribution in [0.2, 0.25) is 0 Å². The highest BCUT2D eigenvalue weighted by molar-refractivity contribution is 5.77. The van der Waals surface area contributed by atoms with Gasteiger partial charge >= 0.3 is 12.2 Å². The molecule has 2 aliphatic rings. The molecule has 2 fully saturated rings. The highest BCUT2D eigenvalue weighted by Gasteiger charge is 2.47. The molecule has 4 rings (SSSR count). The van der Waals surface area contributed by atoms with Gasteiger partial charge in [0.1, 0.15) is 0 Å². The molecule has 1 unspecified atom stereocenters. The SMILES string of the molecule is Cc1cc(C(C)OC[C@@]2(c3ccccc3)CC[C@@]3(CNC(=O)N3)CN2)cc(C(F)(F)F)c1. The number of hydrogen-bond donors (Lipinski definition) is 3. The van der Waals surface area contributed by atoms with Gasteiger partial charge in [-0.2, -0.15) is 13.2 Å². The minimum absolute atomic E-state index is 0.163. The van der Waals surface area contributed by atoms with E-state index in [0.29, 0.717) is 37.2 Å². The molecule has 2 aromatic rings. The van der Waals surface area contributed by atoms with Gasteiger partial charge in [-0.25, -0.2) is 4.79 Å². The lowest BCUT2D eigenvalue weighted by atomic mass is 9.76. The number of nitrogens with one attached hydrogen (secondary N) is 3. The van der Waals surface area contributed by atoms with Gasteiger partial charge in [-0.05, 0) is 49.9 Å². The monoisotopic (exact) mass is 447 g/mol. The van der Waals surface area contributed by atoms with Crippen LogP contribution < -0.4 is 16.0 Å². The number of rotatable bonds is 5. The molecule has 0 radical (unpaired) electrons. The largest absolute Gasteiger partial charge is 0.416 e. The summed E-state index contributed by atoms with van der Waals surface area (Å²) in [6, 6.07) is 13.8. The molecule has 2 amide bonds. The van der Waals surface area contributed by atoms with E-state index in [0.717, 1.165) is 24.1 Å². The zero-order valence-electron chi connectivity index (χ0n) is 18.2. The first-order valence-electron chi connectivity index (χ1n) is 10.8. The first-order chi connectivity index (χ1) is 15.1. The van der Waals surface area contributed by atoms with Gasteiger partial charge in [-0.15, -0.1) is 0 Å². The number of benzene rings is 2. The van der Waals surface area contributed by atoms with Crippen molar-refractivity contribution in [3.8, 4) is 0 Å². The number of alkyl halides is 3. The van der Waals surface area contributed by atoms with Gasteiger partial charge in [0.25, 0.3) is 0 Å². The van der Waals surface area contributed by atoms with E-state index in [2.05, 4.69) is 16.0 Å². The smallest absolute Gasteiger partial charge is 0.372 e. The second-order valence-electron chi connectivity index (χ2n) is 8.97. The van der Waals surface area contributed by atoms with Crippen molar-refractivity contribution >= 4 is 6.03 Å². The molecule has 2 saturated heterocycles. The van der Waals surface area contributed by atoms with Gasteiger partial charge in [-0.1, -0.05) is 42.0 Å². The van der Waals surface area contributed by atoms with Gasteiger partial charge in [0.2, 0.25) is 0 Å². The lowest BCUT2D eigenvalue weighted by Crippen LogP contribution is -2.63. The van der Waals surface area contributed by atoms with Crippen LogP contribution >= 0.6 is 0 Å². The number of aryl methyl sites for hydroxylation is 1. The molecule has 5 nitrogen and oxygen atoms in total. The molecular formula is C24H28F3N3O2. The Labute approximate surface area is 185 Å². The maximum atomic E-state index is 13.3. The minimum Gasteiger partial charge on any atom is -0.372 e. The van der Waals surface area contributed by atoms with Crippen molar-refractivity contribution in [2.24, 2.45) is 0 Å². The number of amides is 2. The van der Waals surface area contributed by atoms with Gasteiger partial charge < -0.3 is 20.7 Å². The summed E-state index contributed by atoms with van der Waals surface area (Å²) in [5.41, 5.74) is 0.608. The number of ether oxygens (including phenoxy) is 1. The molecule has 3 N–H and O–H groups in total. The van der Waals surface area contributed by atoms with E-state index in [9.17, 15) is 18.0 Å². The van der Waals surface area contributed by atoms with Crippen molar-refractivity contribution in [2.75, 3.05) is 19.7 Å². The fourth-order valence-electron chi connectivity index (χ4n) is 4.59. The minimum atomic E-state index is -4.40. The zero-order chi connectivity index (χ0) is 23.0. The van der Waals surface area contributed by atoms with Crippen LogP contribution in [-0.2, 0) is 16.5 Å². The quantitative estimate of drug-likeness (QED) is 0.636. The van der Waals surface area contributed by atoms with Crippen LogP contribution in [0.4, 0.5) is 18.0 Å². The van der Waals surface area contributed by atoms with Crippen molar-refractivity contribution in [2.45, 2.75) is 50.0 Å². The number of carbonyl (C=O) groups is 1. The van der Waals surface area contributed by atoms with E-state index >= 15 is 0 Å². The Balaban J connectivity index is 1.53. The lowest BCUT2D eigenvalue weighted by Gasteiger charge is -2.46. The van der Waals surface area contributed by atoms with E-state index in [4.69, 9.17) is 4.74 Å². The maximum absolute atomic E-state index is 13.3. The Morgan fingerprint density at radius 1 is 1.09 bits per heavy atom. The molecule has 0 aliphatic carbocycles. The molecule has 2 aliphatic heterocycles. The Morgan fingerprint density at radius 3 is 2.44 bits per heavy atom. The fourth-order valence-corrected chi connectivity index (χ4v) is 4.59. The average molecular weight is 448 g/mol. The van der Waals surface area contributed by atoms with Gasteiger partial charge in [0.15, 0.2) is 0 Å². The lowest BCUT2D eigenvalue weighted by molar-refractivity contribution is -0.137. The van der Waals surface area contributed by atoms with Crippen molar-refractivity contribution < 1.29 is 22.7 Å². The predicted octanol–water partition coefficient (Wildman–Crippen LogP) is 4.42. The van der Waals surface area contributed by atoms with Crippen molar-refractivity contribution in [1.29, 1.82) is 0 Å². The highest BCUT2D eigenvalue weighted by atomic mass is 19.4. The Morgan fingerprint density at radius 2 is 1.84 bits per heavy atom. The van der Waals surface area contributed by atoms with Gasteiger partial charge in [-0.3, -0.25) is 0 Å². The van der Waals surface area contributed by atoms with Crippen molar-refractivity contribution in [3.05, 3.63) is 70.8 Å². The number of hydrogen-bond acceptors (Lipinski definition) is 3. The third-order valence-corrected chi connectivity index (χ3v) is 6.56. The first-order valence-corrected chi connectivity index (χ1v) is 10.8. The summed E-state index contributed by atoms with van der Waals surface area (Å²) in [5, 5.41) is 9.44. The normalized spacial score (nSPS) is 26.6. The summed E-state index contributed by atoms with van der Waals surface area (Å²) in [7, 11) is 0. The van der Waals surface area contributed by atoms with E-state index in [1.165, 1.54) is 0 Å². The van der Waals surface area contributed by atoms with Crippen LogP contribution in [0.15, 0.2) is 48.5 Å². The third kappa shape index (κ3) is 4.61. The van der Waals surface area contributed by atoms with Crippen LogP contribution in [0.25, 0.3) is 0 Å². The number of urea groups is 1. The second kappa shape index (κ2) is 8.41. The zero-order valence-corrected chi connectivity index (χ0v) is 18.2. The highest BCUT2D eigenvalue weighted by Crippen LogP contribution is 2.37. The van der Waals surface area contributed by atoms with Crippen molar-refractivity contribution in [1.82, 2.24) is 16.0 Å². The summed E-state index contributed by atoms with van der Waals surface area (Å²) in [6.07, 6.45) is -3.44. The van der Waals surface area contributed by atoms with E-state index < -0.39 is 23.4 Å². The van der Waals surface area contributed by atoms with Gasteiger partial charge in [0.05, 0.1) is 29.4 Å². The van der Waals surface area contributed by atoms with Crippen LogP contribution in [0.1, 0.15) is 48.1 Å². The van der Waals surface area contributed by atoms with E-state index in [-0.39, 0.29) is 11.6 Å². The summed E-state index contributed by atoms with van der Waals surface area (Å²) in [6.45, 7) is 4.86. The molecule has 32 heavy (non-hydrogen) atoms. The molecule has 1 spiro atoms. The molecule has 2 heterocycles. The van der Waals surface area contributed by atoms with Crippen molar-refractivity contribution in [3.63, 3.8) is 0 Å². The molecule has 0 aromatic heterocycles. The Kier molecular flexibility index (Phi) is 5.94. The van der Waals surface area contributed by atoms with E-state index in [1.54, 1.807) is 19.9 Å². The van der Waals surface area contributed by atoms with Gasteiger partial charge in [0, 0.05) is 13.1 Å². The maximum Gasteiger partial charge on any atom is 0.416 e. The number of halogens is 3. The summed E-state index contributed by atoms with van der Waals surface area (Å²) in [4.78, 5) is 11.7. The van der Waals surface area contributed by atoms with Crippen LogP contribution in [0, 0.1) is 6.92 Å². The summed E-state index contributed by atoms with van der Waals surface area (Å²) >= 11 is 0. The molecular weight excluding hydrogens is 419 g/mol. The Bertz CT molecular complexity index is 970. The molecule has 0 bridgehead atoms. The molecule has 8 heteroatoms. The third-order valence-electron chi connectivity index (χ3n) is 6.56. The van der Waals surface area contributed by atoms with Crippen LogP contribution in [0.5, 0.6) is 0 Å². The second-order valence-corrected chi connectivity index (χ2v) is 8.97. The predicted molar refractivity (Wildman–Crippen MR) is 115 cm³/mol. The summed E-state index contributed by atoms with van der Waals surface area (Å²) in [5.74, 6) is 0. The molecule has 2 aromatic carbocycles. The van der Waals surface area contributed by atoms with Crippen LogP contribution in [0.3, 0.4) is 0 Å².